The van der Waals surface area contributed by atoms with E-state index in [0.29, 0.717) is 17.9 Å². The molecule has 2 rings (SSSR count). The monoisotopic (exact) mass is 301 g/mol. The molecule has 0 heterocycles. The first-order chi connectivity index (χ1) is 10.2. The van der Waals surface area contributed by atoms with E-state index in [1.807, 2.05) is 19.2 Å². The lowest BCUT2D eigenvalue weighted by molar-refractivity contribution is 0.354. The van der Waals surface area contributed by atoms with E-state index in [9.17, 15) is 0 Å². The van der Waals surface area contributed by atoms with Crippen LogP contribution in [-0.4, -0.2) is 7.05 Å². The van der Waals surface area contributed by atoms with Crippen LogP contribution in [-0.2, 0) is 0 Å². The summed E-state index contributed by atoms with van der Waals surface area (Å²) in [6, 6.07) is 19.3. The van der Waals surface area contributed by atoms with Gasteiger partial charge < -0.3 is 5.32 Å². The van der Waals surface area contributed by atoms with Gasteiger partial charge in [-0.25, -0.2) is 0 Å². The fourth-order valence-electron chi connectivity index (χ4n) is 3.00. The van der Waals surface area contributed by atoms with Crippen LogP contribution in [0.25, 0.3) is 0 Å². The summed E-state index contributed by atoms with van der Waals surface area (Å²) in [7, 11) is 2.04. The number of hydrogen-bond acceptors (Lipinski definition) is 1. The molecular formula is C19H24ClN. The van der Waals surface area contributed by atoms with Gasteiger partial charge in [0, 0.05) is 17.0 Å². The SMILES string of the molecule is CCC(C)C(c1ccccc1)C(NC)c1ccc(Cl)cc1. The topological polar surface area (TPSA) is 12.0 Å². The molecule has 21 heavy (non-hydrogen) atoms. The van der Waals surface area contributed by atoms with E-state index in [4.69, 9.17) is 11.6 Å². The molecule has 0 bridgehead atoms. The second-order valence-corrected chi connectivity index (χ2v) is 6.08. The molecule has 112 valence electrons. The van der Waals surface area contributed by atoms with Gasteiger partial charge in [0.05, 0.1) is 0 Å². The number of halogens is 1. The van der Waals surface area contributed by atoms with Crippen molar-refractivity contribution >= 4 is 11.6 Å². The van der Waals surface area contributed by atoms with E-state index >= 15 is 0 Å². The zero-order valence-electron chi connectivity index (χ0n) is 13.0. The Balaban J connectivity index is 2.40. The van der Waals surface area contributed by atoms with Gasteiger partial charge in [0.25, 0.3) is 0 Å². The summed E-state index contributed by atoms with van der Waals surface area (Å²) in [5.74, 6) is 1.04. The molecule has 0 saturated heterocycles. The standard InChI is InChI=1S/C19H24ClN/c1-4-14(2)18(15-8-6-5-7-9-15)19(21-3)16-10-12-17(20)13-11-16/h5-14,18-19,21H,4H2,1-3H3. The molecule has 3 unspecified atom stereocenters. The maximum absolute atomic E-state index is 6.03. The average Bonchev–Trinajstić information content (AvgIpc) is 2.53. The molecule has 0 saturated carbocycles. The lowest BCUT2D eigenvalue weighted by Gasteiger charge is -2.32. The van der Waals surface area contributed by atoms with Gasteiger partial charge in [0.2, 0.25) is 0 Å². The molecule has 2 aromatic rings. The van der Waals surface area contributed by atoms with E-state index in [2.05, 4.69) is 61.6 Å². The molecule has 2 aromatic carbocycles. The summed E-state index contributed by atoms with van der Waals surface area (Å²) in [5, 5.41) is 4.29. The Bertz CT molecular complexity index is 535. The van der Waals surface area contributed by atoms with Crippen molar-refractivity contribution in [2.24, 2.45) is 5.92 Å². The highest BCUT2D eigenvalue weighted by molar-refractivity contribution is 6.30. The number of hydrogen-bond donors (Lipinski definition) is 1. The summed E-state index contributed by atoms with van der Waals surface area (Å²) in [5.41, 5.74) is 2.68. The minimum absolute atomic E-state index is 0.291. The minimum Gasteiger partial charge on any atom is -0.312 e. The molecule has 0 amide bonds. The number of rotatable bonds is 6. The molecule has 1 N–H and O–H groups in total. The Kier molecular flexibility index (Phi) is 5.84. The first kappa shape index (κ1) is 16.1. The van der Waals surface area contributed by atoms with Crippen molar-refractivity contribution in [3.05, 3.63) is 70.7 Å². The summed E-state index contributed by atoms with van der Waals surface area (Å²) >= 11 is 6.03. The van der Waals surface area contributed by atoms with Crippen molar-refractivity contribution in [3.63, 3.8) is 0 Å². The van der Waals surface area contributed by atoms with Gasteiger partial charge in [0.15, 0.2) is 0 Å². The third-order valence-electron chi connectivity index (χ3n) is 4.34. The molecule has 0 aliphatic rings. The van der Waals surface area contributed by atoms with Crippen LogP contribution in [0.1, 0.15) is 43.4 Å². The van der Waals surface area contributed by atoms with Crippen LogP contribution in [0, 0.1) is 5.92 Å². The third-order valence-corrected chi connectivity index (χ3v) is 4.59. The summed E-state index contributed by atoms with van der Waals surface area (Å²) in [6.45, 7) is 4.59. The molecule has 0 fully saturated rings. The first-order valence-corrected chi connectivity index (χ1v) is 8.02. The predicted molar refractivity (Wildman–Crippen MR) is 91.9 cm³/mol. The Morgan fingerprint density at radius 1 is 0.952 bits per heavy atom. The van der Waals surface area contributed by atoms with E-state index in [-0.39, 0.29) is 0 Å². The second-order valence-electron chi connectivity index (χ2n) is 5.64. The van der Waals surface area contributed by atoms with Gasteiger partial charge in [-0.3, -0.25) is 0 Å². The Hall–Kier alpha value is -1.31. The van der Waals surface area contributed by atoms with Gasteiger partial charge in [-0.05, 0) is 36.2 Å². The summed E-state index contributed by atoms with van der Waals surface area (Å²) in [6.07, 6.45) is 1.16. The number of nitrogens with one attached hydrogen (secondary N) is 1. The van der Waals surface area contributed by atoms with Crippen LogP contribution in [0.3, 0.4) is 0 Å². The van der Waals surface area contributed by atoms with E-state index in [1.165, 1.54) is 11.1 Å². The molecule has 1 nitrogen and oxygen atoms in total. The quantitative estimate of drug-likeness (QED) is 0.750. The van der Waals surface area contributed by atoms with Crippen LogP contribution in [0.5, 0.6) is 0 Å². The highest BCUT2D eigenvalue weighted by Crippen LogP contribution is 2.38. The molecule has 0 aliphatic heterocycles. The normalized spacial score (nSPS) is 15.4. The van der Waals surface area contributed by atoms with Gasteiger partial charge in [-0.1, -0.05) is 74.3 Å². The van der Waals surface area contributed by atoms with Gasteiger partial charge >= 0.3 is 0 Å². The molecule has 0 spiro atoms. The molecule has 3 atom stereocenters. The molecule has 0 aromatic heterocycles. The zero-order valence-corrected chi connectivity index (χ0v) is 13.8. The fraction of sp³-hybridized carbons (Fsp3) is 0.368. The highest BCUT2D eigenvalue weighted by atomic mass is 35.5. The lowest BCUT2D eigenvalue weighted by atomic mass is 9.77. The molecule has 0 aliphatic carbocycles. The van der Waals surface area contributed by atoms with Crippen molar-refractivity contribution in [2.75, 3.05) is 7.05 Å². The molecule has 2 heteroatoms. The van der Waals surface area contributed by atoms with Crippen molar-refractivity contribution in [3.8, 4) is 0 Å². The summed E-state index contributed by atoms with van der Waals surface area (Å²) < 4.78 is 0. The smallest absolute Gasteiger partial charge is 0.0406 e. The molecular weight excluding hydrogens is 278 g/mol. The van der Waals surface area contributed by atoms with E-state index < -0.39 is 0 Å². The van der Waals surface area contributed by atoms with Crippen LogP contribution in [0.15, 0.2) is 54.6 Å². The van der Waals surface area contributed by atoms with Crippen LogP contribution >= 0.6 is 11.6 Å². The highest BCUT2D eigenvalue weighted by Gasteiger charge is 2.27. The third kappa shape index (κ3) is 3.87. The second kappa shape index (κ2) is 7.63. The Morgan fingerprint density at radius 3 is 2.10 bits per heavy atom. The maximum atomic E-state index is 6.03. The van der Waals surface area contributed by atoms with Gasteiger partial charge in [0.1, 0.15) is 0 Å². The van der Waals surface area contributed by atoms with E-state index in [0.717, 1.165) is 11.4 Å². The minimum atomic E-state index is 0.291. The predicted octanol–water partition coefficient (Wildman–Crippen LogP) is 5.43. The average molecular weight is 302 g/mol. The van der Waals surface area contributed by atoms with Crippen molar-refractivity contribution in [1.82, 2.24) is 5.32 Å². The van der Waals surface area contributed by atoms with Crippen LogP contribution < -0.4 is 5.32 Å². The zero-order chi connectivity index (χ0) is 15.2. The Morgan fingerprint density at radius 2 is 1.57 bits per heavy atom. The lowest BCUT2D eigenvalue weighted by Crippen LogP contribution is -2.28. The van der Waals surface area contributed by atoms with Crippen LogP contribution in [0.4, 0.5) is 0 Å². The Labute approximate surface area is 133 Å². The van der Waals surface area contributed by atoms with Gasteiger partial charge in [-0.15, -0.1) is 0 Å². The number of benzene rings is 2. The fourth-order valence-corrected chi connectivity index (χ4v) is 3.13. The van der Waals surface area contributed by atoms with Gasteiger partial charge in [-0.2, -0.15) is 0 Å². The summed E-state index contributed by atoms with van der Waals surface area (Å²) in [4.78, 5) is 0. The van der Waals surface area contributed by atoms with Crippen molar-refractivity contribution < 1.29 is 0 Å². The maximum Gasteiger partial charge on any atom is 0.0406 e. The van der Waals surface area contributed by atoms with Crippen molar-refractivity contribution in [1.29, 1.82) is 0 Å². The first-order valence-electron chi connectivity index (χ1n) is 7.65. The van der Waals surface area contributed by atoms with E-state index in [1.54, 1.807) is 0 Å². The van der Waals surface area contributed by atoms with Crippen molar-refractivity contribution in [2.45, 2.75) is 32.2 Å². The molecule has 0 radical (unpaired) electrons. The van der Waals surface area contributed by atoms with Crippen LogP contribution in [0.2, 0.25) is 5.02 Å². The largest absolute Gasteiger partial charge is 0.312 e. The number of likely N-dealkylation sites (N-methyl/N-ethyl adjacent to an activating group) is 1.